The molecule has 0 bridgehead atoms. The van der Waals surface area contributed by atoms with Gasteiger partial charge in [-0.15, -0.1) is 0 Å². The van der Waals surface area contributed by atoms with Gasteiger partial charge < -0.3 is 10.3 Å². The Labute approximate surface area is 76.2 Å². The van der Waals surface area contributed by atoms with Gasteiger partial charge in [0.25, 0.3) is 0 Å². The second-order valence-electron chi connectivity index (χ2n) is 2.75. The molecule has 2 N–H and O–H groups in total. The van der Waals surface area contributed by atoms with Crippen LogP contribution in [0.25, 0.3) is 11.3 Å². The number of hydrogen-bond donors (Lipinski definition) is 1. The van der Waals surface area contributed by atoms with Crippen molar-refractivity contribution in [1.29, 1.82) is 0 Å². The molecular formula is C10H10N2O. The highest BCUT2D eigenvalue weighted by molar-refractivity contribution is 5.62. The van der Waals surface area contributed by atoms with Crippen molar-refractivity contribution < 1.29 is 4.52 Å². The third-order valence-electron chi connectivity index (χ3n) is 1.95. The van der Waals surface area contributed by atoms with Gasteiger partial charge in [-0.3, -0.25) is 0 Å². The lowest BCUT2D eigenvalue weighted by molar-refractivity contribution is 0.422. The van der Waals surface area contributed by atoms with Crippen LogP contribution >= 0.6 is 0 Å². The first-order valence-corrected chi connectivity index (χ1v) is 4.10. The van der Waals surface area contributed by atoms with Crippen LogP contribution in [0.4, 0.5) is 0 Å². The van der Waals surface area contributed by atoms with Gasteiger partial charge in [0.15, 0.2) is 0 Å². The van der Waals surface area contributed by atoms with Crippen LogP contribution in [0.2, 0.25) is 0 Å². The number of aromatic nitrogens is 1. The maximum absolute atomic E-state index is 5.60. The normalized spacial score (nSPS) is 10.2. The molecule has 0 radical (unpaired) electrons. The van der Waals surface area contributed by atoms with Gasteiger partial charge in [0, 0.05) is 18.2 Å². The molecule has 0 spiro atoms. The van der Waals surface area contributed by atoms with Gasteiger partial charge in [0.1, 0.15) is 12.0 Å². The molecule has 2 aromatic rings. The number of rotatable bonds is 2. The van der Waals surface area contributed by atoms with E-state index >= 15 is 0 Å². The van der Waals surface area contributed by atoms with Crippen LogP contribution in [0.3, 0.4) is 0 Å². The Hall–Kier alpha value is -1.61. The van der Waals surface area contributed by atoms with E-state index in [0.29, 0.717) is 6.54 Å². The van der Waals surface area contributed by atoms with E-state index in [1.54, 1.807) is 6.26 Å². The summed E-state index contributed by atoms with van der Waals surface area (Å²) in [6.07, 6.45) is 1.56. The maximum Gasteiger partial charge on any atom is 0.124 e. The van der Waals surface area contributed by atoms with E-state index in [-0.39, 0.29) is 0 Å². The van der Waals surface area contributed by atoms with E-state index in [9.17, 15) is 0 Å². The minimum absolute atomic E-state index is 0.517. The Morgan fingerprint density at radius 1 is 1.23 bits per heavy atom. The highest BCUT2D eigenvalue weighted by atomic mass is 16.5. The lowest BCUT2D eigenvalue weighted by Gasteiger charge is -2.02. The lowest BCUT2D eigenvalue weighted by atomic mass is 10.1. The molecule has 3 heteroatoms. The molecular weight excluding hydrogens is 164 g/mol. The average Bonchev–Trinajstić information content (AvgIpc) is 2.70. The van der Waals surface area contributed by atoms with E-state index in [4.69, 9.17) is 10.3 Å². The SMILES string of the molecule is NCc1ccccc1-c1ccon1. The molecule has 0 saturated heterocycles. The smallest absolute Gasteiger partial charge is 0.124 e. The van der Waals surface area contributed by atoms with Crippen LogP contribution in [-0.2, 0) is 6.54 Å². The summed E-state index contributed by atoms with van der Waals surface area (Å²) in [6.45, 7) is 0.517. The van der Waals surface area contributed by atoms with Crippen molar-refractivity contribution in [2.45, 2.75) is 6.54 Å². The summed E-state index contributed by atoms with van der Waals surface area (Å²) in [5.41, 5.74) is 8.55. The molecule has 1 heterocycles. The van der Waals surface area contributed by atoms with Crippen LogP contribution in [0.15, 0.2) is 41.1 Å². The Balaban J connectivity index is 2.51. The summed E-state index contributed by atoms with van der Waals surface area (Å²) in [5, 5.41) is 3.86. The van der Waals surface area contributed by atoms with Crippen molar-refractivity contribution in [1.82, 2.24) is 5.16 Å². The summed E-state index contributed by atoms with van der Waals surface area (Å²) in [7, 11) is 0. The zero-order valence-corrected chi connectivity index (χ0v) is 7.10. The fourth-order valence-electron chi connectivity index (χ4n) is 1.30. The van der Waals surface area contributed by atoms with E-state index < -0.39 is 0 Å². The third kappa shape index (κ3) is 1.46. The zero-order chi connectivity index (χ0) is 9.10. The standard InChI is InChI=1S/C10H10N2O/c11-7-8-3-1-2-4-9(8)10-5-6-13-12-10/h1-6H,7,11H2. The van der Waals surface area contributed by atoms with E-state index in [1.807, 2.05) is 30.3 Å². The van der Waals surface area contributed by atoms with Gasteiger partial charge in [-0.1, -0.05) is 29.4 Å². The summed E-state index contributed by atoms with van der Waals surface area (Å²) in [6, 6.07) is 9.73. The number of nitrogens with two attached hydrogens (primary N) is 1. The fourth-order valence-corrected chi connectivity index (χ4v) is 1.30. The molecule has 2 rings (SSSR count). The average molecular weight is 174 g/mol. The Morgan fingerprint density at radius 3 is 2.77 bits per heavy atom. The summed E-state index contributed by atoms with van der Waals surface area (Å²) in [4.78, 5) is 0. The van der Waals surface area contributed by atoms with Gasteiger partial charge in [0.2, 0.25) is 0 Å². The molecule has 0 amide bonds. The molecule has 0 aliphatic carbocycles. The Bertz CT molecular complexity index is 382. The Morgan fingerprint density at radius 2 is 2.08 bits per heavy atom. The summed E-state index contributed by atoms with van der Waals surface area (Å²) >= 11 is 0. The van der Waals surface area contributed by atoms with Gasteiger partial charge in [-0.25, -0.2) is 0 Å². The predicted molar refractivity (Wildman–Crippen MR) is 49.8 cm³/mol. The third-order valence-corrected chi connectivity index (χ3v) is 1.95. The van der Waals surface area contributed by atoms with Crippen molar-refractivity contribution in [2.24, 2.45) is 5.73 Å². The van der Waals surface area contributed by atoms with Crippen molar-refractivity contribution >= 4 is 0 Å². The molecule has 0 fully saturated rings. The monoisotopic (exact) mass is 174 g/mol. The van der Waals surface area contributed by atoms with Gasteiger partial charge in [0.05, 0.1) is 0 Å². The lowest BCUT2D eigenvalue weighted by Crippen LogP contribution is -1.98. The number of benzene rings is 1. The van der Waals surface area contributed by atoms with Crippen LogP contribution in [0.5, 0.6) is 0 Å². The van der Waals surface area contributed by atoms with Gasteiger partial charge >= 0.3 is 0 Å². The molecule has 0 aliphatic rings. The largest absolute Gasteiger partial charge is 0.364 e. The maximum atomic E-state index is 5.60. The molecule has 1 aromatic heterocycles. The van der Waals surface area contributed by atoms with E-state index in [2.05, 4.69) is 5.16 Å². The fraction of sp³-hybridized carbons (Fsp3) is 0.100. The second kappa shape index (κ2) is 3.41. The molecule has 1 aromatic carbocycles. The topological polar surface area (TPSA) is 52.0 Å². The highest BCUT2D eigenvalue weighted by Gasteiger charge is 2.04. The molecule has 13 heavy (non-hydrogen) atoms. The van der Waals surface area contributed by atoms with Crippen LogP contribution in [0.1, 0.15) is 5.56 Å². The molecule has 0 atom stereocenters. The van der Waals surface area contributed by atoms with Crippen LogP contribution < -0.4 is 5.73 Å². The van der Waals surface area contributed by atoms with Crippen LogP contribution in [0, 0.1) is 0 Å². The van der Waals surface area contributed by atoms with Crippen LogP contribution in [-0.4, -0.2) is 5.16 Å². The second-order valence-corrected chi connectivity index (χ2v) is 2.75. The predicted octanol–water partition coefficient (Wildman–Crippen LogP) is 1.80. The molecule has 0 saturated carbocycles. The molecule has 3 nitrogen and oxygen atoms in total. The minimum Gasteiger partial charge on any atom is -0.364 e. The Kier molecular flexibility index (Phi) is 2.10. The van der Waals surface area contributed by atoms with Gasteiger partial charge in [-0.2, -0.15) is 0 Å². The van der Waals surface area contributed by atoms with Crippen molar-refractivity contribution in [3.8, 4) is 11.3 Å². The van der Waals surface area contributed by atoms with Crippen molar-refractivity contribution in [3.63, 3.8) is 0 Å². The molecule has 0 aliphatic heterocycles. The molecule has 66 valence electrons. The summed E-state index contributed by atoms with van der Waals surface area (Å²) in [5.74, 6) is 0. The molecule has 0 unspecified atom stereocenters. The zero-order valence-electron chi connectivity index (χ0n) is 7.10. The minimum atomic E-state index is 0.517. The van der Waals surface area contributed by atoms with E-state index in [0.717, 1.165) is 16.8 Å². The number of nitrogens with zero attached hydrogens (tertiary/aromatic N) is 1. The first-order chi connectivity index (χ1) is 6.42. The first kappa shape index (κ1) is 8.01. The quantitative estimate of drug-likeness (QED) is 0.755. The number of hydrogen-bond acceptors (Lipinski definition) is 3. The van der Waals surface area contributed by atoms with Crippen molar-refractivity contribution in [3.05, 3.63) is 42.2 Å². The first-order valence-electron chi connectivity index (χ1n) is 4.10. The van der Waals surface area contributed by atoms with Gasteiger partial charge in [-0.05, 0) is 5.56 Å². The highest BCUT2D eigenvalue weighted by Crippen LogP contribution is 2.20. The van der Waals surface area contributed by atoms with Crippen molar-refractivity contribution in [2.75, 3.05) is 0 Å². The summed E-state index contributed by atoms with van der Waals surface area (Å²) < 4.78 is 4.78. The van der Waals surface area contributed by atoms with E-state index in [1.165, 1.54) is 0 Å².